The van der Waals surface area contributed by atoms with Crippen molar-refractivity contribution in [1.29, 1.82) is 0 Å². The maximum absolute atomic E-state index is 12.6. The zero-order valence-corrected chi connectivity index (χ0v) is 16.3. The van der Waals surface area contributed by atoms with Crippen LogP contribution in [0.15, 0.2) is 61.1 Å². The van der Waals surface area contributed by atoms with Gasteiger partial charge in [-0.05, 0) is 48.7 Å². The largest absolute Gasteiger partial charge is 0.348 e. The first-order valence-electron chi connectivity index (χ1n) is 9.09. The highest BCUT2D eigenvalue weighted by atomic mass is 32.2. The van der Waals surface area contributed by atoms with Crippen LogP contribution in [-0.2, 0) is 9.84 Å². The van der Waals surface area contributed by atoms with Gasteiger partial charge in [0.15, 0.2) is 9.84 Å². The Kier molecular flexibility index (Phi) is 5.14. The lowest BCUT2D eigenvalue weighted by atomic mass is 10.1. The molecule has 0 radical (unpaired) electrons. The summed E-state index contributed by atoms with van der Waals surface area (Å²) in [7, 11) is -3.06. The highest BCUT2D eigenvalue weighted by Crippen LogP contribution is 2.17. The Morgan fingerprint density at radius 1 is 1.14 bits per heavy atom. The summed E-state index contributed by atoms with van der Waals surface area (Å²) in [5.74, 6) is 5.84. The van der Waals surface area contributed by atoms with E-state index < -0.39 is 9.84 Å². The predicted octanol–water partition coefficient (Wildman–Crippen LogP) is 1.58. The van der Waals surface area contributed by atoms with Crippen molar-refractivity contribution in [1.82, 2.24) is 20.1 Å². The average molecular weight is 406 g/mol. The Morgan fingerprint density at radius 3 is 2.72 bits per heavy atom. The van der Waals surface area contributed by atoms with Gasteiger partial charge >= 0.3 is 0 Å². The molecule has 2 aromatic heterocycles. The van der Waals surface area contributed by atoms with E-state index in [-0.39, 0.29) is 23.5 Å². The van der Waals surface area contributed by atoms with Crippen molar-refractivity contribution in [2.45, 2.75) is 12.5 Å². The van der Waals surface area contributed by atoms with Gasteiger partial charge in [0.2, 0.25) is 0 Å². The third kappa shape index (κ3) is 4.52. The molecule has 3 aromatic rings. The third-order valence-electron chi connectivity index (χ3n) is 4.57. The molecule has 1 atom stereocenters. The Morgan fingerprint density at radius 2 is 2.03 bits per heavy atom. The number of amides is 1. The van der Waals surface area contributed by atoms with Crippen molar-refractivity contribution in [2.75, 3.05) is 11.5 Å². The van der Waals surface area contributed by atoms with Gasteiger partial charge in [0.25, 0.3) is 5.91 Å². The van der Waals surface area contributed by atoms with Crippen molar-refractivity contribution < 1.29 is 13.2 Å². The lowest BCUT2D eigenvalue weighted by Gasteiger charge is -2.12. The first-order valence-corrected chi connectivity index (χ1v) is 10.9. The molecule has 146 valence electrons. The lowest BCUT2D eigenvalue weighted by molar-refractivity contribution is 0.0941. The van der Waals surface area contributed by atoms with E-state index in [1.807, 2.05) is 12.1 Å². The molecule has 1 aliphatic heterocycles. The van der Waals surface area contributed by atoms with E-state index in [0.29, 0.717) is 23.2 Å². The number of sulfone groups is 1. The van der Waals surface area contributed by atoms with Gasteiger partial charge in [-0.3, -0.25) is 4.79 Å². The maximum atomic E-state index is 12.6. The molecule has 0 spiro atoms. The molecule has 3 heterocycles. The SMILES string of the molecule is O=C(N[C@H]1CCS(=O)(=O)C1)c1ccc(-n2cccn2)c(C#Cc2ccccn2)c1. The van der Waals surface area contributed by atoms with Gasteiger partial charge < -0.3 is 5.32 Å². The summed E-state index contributed by atoms with van der Waals surface area (Å²) >= 11 is 0. The van der Waals surface area contributed by atoms with E-state index in [2.05, 4.69) is 27.2 Å². The molecule has 0 saturated carbocycles. The van der Waals surface area contributed by atoms with Gasteiger partial charge in [-0.1, -0.05) is 12.0 Å². The summed E-state index contributed by atoms with van der Waals surface area (Å²) in [6.07, 6.45) is 5.56. The molecular weight excluding hydrogens is 388 g/mol. The standard InChI is InChI=1S/C21H18N4O3S/c26-21(24-19-9-13-29(27,28)15-19)17-6-8-20(25-12-3-11-23-25)16(14-17)5-7-18-4-1-2-10-22-18/h1-4,6,8,10-12,14,19H,9,13,15H2,(H,24,26)/t19-/m0/s1. The highest BCUT2D eigenvalue weighted by Gasteiger charge is 2.29. The summed E-state index contributed by atoms with van der Waals surface area (Å²) in [5, 5.41) is 7.05. The second-order valence-electron chi connectivity index (χ2n) is 6.72. The third-order valence-corrected chi connectivity index (χ3v) is 6.34. The Balaban J connectivity index is 1.64. The number of hydrogen-bond donors (Lipinski definition) is 1. The van der Waals surface area contributed by atoms with Crippen molar-refractivity contribution in [2.24, 2.45) is 0 Å². The van der Waals surface area contributed by atoms with E-state index in [1.54, 1.807) is 53.6 Å². The molecule has 29 heavy (non-hydrogen) atoms. The normalized spacial score (nSPS) is 17.3. The Hall–Kier alpha value is -3.44. The van der Waals surface area contributed by atoms with Crippen LogP contribution in [0, 0.1) is 11.8 Å². The monoisotopic (exact) mass is 406 g/mol. The first-order chi connectivity index (χ1) is 14.0. The molecule has 0 bridgehead atoms. The van der Waals surface area contributed by atoms with Crippen molar-refractivity contribution >= 4 is 15.7 Å². The summed E-state index contributed by atoms with van der Waals surface area (Å²) in [6, 6.07) is 12.1. The van der Waals surface area contributed by atoms with Crippen molar-refractivity contribution in [3.8, 4) is 17.5 Å². The van der Waals surface area contributed by atoms with Gasteiger partial charge in [-0.15, -0.1) is 0 Å². The Labute approximate surface area is 168 Å². The number of aromatic nitrogens is 3. The van der Waals surface area contributed by atoms with Crippen LogP contribution in [0.1, 0.15) is 28.0 Å². The van der Waals surface area contributed by atoms with E-state index in [4.69, 9.17) is 0 Å². The minimum atomic E-state index is -3.06. The number of benzene rings is 1. The summed E-state index contributed by atoms with van der Waals surface area (Å²) in [4.78, 5) is 16.8. The molecule has 1 aromatic carbocycles. The zero-order valence-electron chi connectivity index (χ0n) is 15.4. The molecule has 0 aliphatic carbocycles. The van der Waals surface area contributed by atoms with Crippen LogP contribution in [0.3, 0.4) is 0 Å². The second-order valence-corrected chi connectivity index (χ2v) is 8.95. The number of nitrogens with one attached hydrogen (secondary N) is 1. The van der Waals surface area contributed by atoms with E-state index in [1.165, 1.54) is 0 Å². The number of carbonyl (C=O) groups excluding carboxylic acids is 1. The number of pyridine rings is 1. The first kappa shape index (κ1) is 18.9. The van der Waals surface area contributed by atoms with Gasteiger partial charge in [0.05, 0.1) is 22.8 Å². The summed E-state index contributed by atoms with van der Waals surface area (Å²) in [5.41, 5.74) is 2.38. The van der Waals surface area contributed by atoms with Crippen molar-refractivity contribution in [3.63, 3.8) is 0 Å². The maximum Gasteiger partial charge on any atom is 0.251 e. The number of hydrogen-bond acceptors (Lipinski definition) is 5. The molecule has 1 amide bonds. The van der Waals surface area contributed by atoms with Crippen LogP contribution in [0.25, 0.3) is 5.69 Å². The van der Waals surface area contributed by atoms with Crippen LogP contribution in [-0.4, -0.2) is 46.6 Å². The van der Waals surface area contributed by atoms with E-state index in [0.717, 1.165) is 5.69 Å². The van der Waals surface area contributed by atoms with Crippen LogP contribution in [0.4, 0.5) is 0 Å². The minimum absolute atomic E-state index is 0.0174. The quantitative estimate of drug-likeness (QED) is 0.667. The van der Waals surface area contributed by atoms with Crippen LogP contribution in [0.2, 0.25) is 0 Å². The fraction of sp³-hybridized carbons (Fsp3) is 0.190. The highest BCUT2D eigenvalue weighted by molar-refractivity contribution is 7.91. The summed E-state index contributed by atoms with van der Waals surface area (Å²) in [6.45, 7) is 0. The molecular formula is C21H18N4O3S. The zero-order chi connectivity index (χ0) is 20.3. The fourth-order valence-corrected chi connectivity index (χ4v) is 4.81. The molecule has 8 heteroatoms. The number of carbonyl (C=O) groups is 1. The lowest BCUT2D eigenvalue weighted by Crippen LogP contribution is -2.35. The van der Waals surface area contributed by atoms with Gasteiger partial charge in [0, 0.05) is 30.2 Å². The van der Waals surface area contributed by atoms with Gasteiger partial charge in [-0.2, -0.15) is 5.10 Å². The smallest absolute Gasteiger partial charge is 0.251 e. The topological polar surface area (TPSA) is 94.0 Å². The fourth-order valence-electron chi connectivity index (χ4n) is 3.13. The van der Waals surface area contributed by atoms with Crippen LogP contribution in [0.5, 0.6) is 0 Å². The van der Waals surface area contributed by atoms with E-state index in [9.17, 15) is 13.2 Å². The van der Waals surface area contributed by atoms with Crippen LogP contribution >= 0.6 is 0 Å². The second kappa shape index (κ2) is 7.89. The molecule has 7 nitrogen and oxygen atoms in total. The molecule has 4 rings (SSSR count). The predicted molar refractivity (Wildman–Crippen MR) is 108 cm³/mol. The van der Waals surface area contributed by atoms with Crippen LogP contribution < -0.4 is 5.32 Å². The molecule has 1 fully saturated rings. The molecule has 0 unspecified atom stereocenters. The molecule has 1 saturated heterocycles. The van der Waals surface area contributed by atoms with Crippen molar-refractivity contribution in [3.05, 3.63) is 77.9 Å². The number of rotatable bonds is 3. The van der Waals surface area contributed by atoms with E-state index >= 15 is 0 Å². The average Bonchev–Trinajstić information content (AvgIpc) is 3.36. The minimum Gasteiger partial charge on any atom is -0.348 e. The number of nitrogens with zero attached hydrogens (tertiary/aromatic N) is 3. The Bertz CT molecular complexity index is 1190. The molecule has 1 N–H and O–H groups in total. The van der Waals surface area contributed by atoms with Gasteiger partial charge in [0.1, 0.15) is 5.69 Å². The van der Waals surface area contributed by atoms with Gasteiger partial charge in [-0.25, -0.2) is 18.1 Å². The summed E-state index contributed by atoms with van der Waals surface area (Å²) < 4.78 is 24.9. The molecule has 1 aliphatic rings.